The first-order valence-electron chi connectivity index (χ1n) is 10.7. The summed E-state index contributed by atoms with van der Waals surface area (Å²) >= 11 is 0. The number of aryl methyl sites for hydroxylation is 2. The molecule has 4 rings (SSSR count). The number of nitrogens with zero attached hydrogens (tertiary/aromatic N) is 1. The maximum atomic E-state index is 13.6. The van der Waals surface area contributed by atoms with Crippen LogP contribution in [0.5, 0.6) is 11.5 Å². The highest BCUT2D eigenvalue weighted by molar-refractivity contribution is 7.92. The predicted molar refractivity (Wildman–Crippen MR) is 126 cm³/mol. The number of amides is 1. The van der Waals surface area contributed by atoms with Gasteiger partial charge in [-0.05, 0) is 54.8 Å². The molecule has 0 spiro atoms. The minimum Gasteiger partial charge on any atom is -0.454 e. The highest BCUT2D eigenvalue weighted by Gasteiger charge is 2.28. The van der Waals surface area contributed by atoms with Crippen molar-refractivity contribution >= 4 is 21.6 Å². The van der Waals surface area contributed by atoms with Crippen LogP contribution in [0.3, 0.4) is 0 Å². The number of hydrogen-bond acceptors (Lipinski definition) is 5. The molecule has 0 saturated carbocycles. The summed E-state index contributed by atoms with van der Waals surface area (Å²) in [5.41, 5.74) is 3.13. The van der Waals surface area contributed by atoms with Gasteiger partial charge in [-0.2, -0.15) is 0 Å². The first-order chi connectivity index (χ1) is 15.9. The molecule has 3 aromatic rings. The second-order valence-electron chi connectivity index (χ2n) is 7.77. The molecule has 0 bridgehead atoms. The molecule has 33 heavy (non-hydrogen) atoms. The summed E-state index contributed by atoms with van der Waals surface area (Å²) in [6.07, 6.45) is 0.634. The quantitative estimate of drug-likeness (QED) is 0.546. The number of benzene rings is 3. The monoisotopic (exact) mass is 466 g/mol. The lowest BCUT2D eigenvalue weighted by molar-refractivity contribution is -0.119. The molecule has 8 heteroatoms. The van der Waals surface area contributed by atoms with E-state index in [0.717, 1.165) is 16.7 Å². The summed E-state index contributed by atoms with van der Waals surface area (Å²) in [6.45, 7) is 3.92. The Morgan fingerprint density at radius 1 is 1.00 bits per heavy atom. The predicted octanol–water partition coefficient (Wildman–Crippen LogP) is 3.80. The number of fused-ring (bicyclic) bond motifs is 1. The second-order valence-corrected chi connectivity index (χ2v) is 9.63. The Kier molecular flexibility index (Phi) is 6.55. The molecule has 1 aliphatic rings. The van der Waals surface area contributed by atoms with Crippen LogP contribution in [-0.4, -0.2) is 27.7 Å². The van der Waals surface area contributed by atoms with Gasteiger partial charge in [-0.1, -0.05) is 48.9 Å². The van der Waals surface area contributed by atoms with Crippen molar-refractivity contribution in [2.45, 2.75) is 31.7 Å². The first kappa shape index (κ1) is 22.7. The number of nitrogens with one attached hydrogen (secondary N) is 1. The first-order valence-corrected chi connectivity index (χ1v) is 12.1. The van der Waals surface area contributed by atoms with Crippen molar-refractivity contribution in [3.63, 3.8) is 0 Å². The Balaban J connectivity index is 1.58. The van der Waals surface area contributed by atoms with E-state index < -0.39 is 15.9 Å². The SMILES string of the molecule is CCc1ccccc1N(CC(=O)NCc1ccc2c(c1)OCO2)S(=O)(=O)c1ccc(C)cc1. The molecule has 7 nitrogen and oxygen atoms in total. The highest BCUT2D eigenvalue weighted by atomic mass is 32.2. The molecule has 1 amide bonds. The molecule has 3 aromatic carbocycles. The molecular weight excluding hydrogens is 440 g/mol. The molecule has 172 valence electrons. The summed E-state index contributed by atoms with van der Waals surface area (Å²) < 4.78 is 39.0. The molecule has 0 atom stereocenters. The van der Waals surface area contributed by atoms with Crippen LogP contribution in [0.15, 0.2) is 71.6 Å². The summed E-state index contributed by atoms with van der Waals surface area (Å²) in [6, 6.07) is 19.3. The summed E-state index contributed by atoms with van der Waals surface area (Å²) in [4.78, 5) is 13.0. The van der Waals surface area contributed by atoms with Crippen molar-refractivity contribution in [3.8, 4) is 11.5 Å². The molecule has 0 fully saturated rings. The Morgan fingerprint density at radius 2 is 1.73 bits per heavy atom. The Labute approximate surface area is 194 Å². The third kappa shape index (κ3) is 4.96. The molecule has 1 N–H and O–H groups in total. The van der Waals surface area contributed by atoms with Gasteiger partial charge in [0.05, 0.1) is 10.6 Å². The van der Waals surface area contributed by atoms with E-state index in [2.05, 4.69) is 5.32 Å². The molecule has 1 aliphatic heterocycles. The molecule has 1 heterocycles. The average molecular weight is 467 g/mol. The van der Waals surface area contributed by atoms with Crippen LogP contribution in [0.25, 0.3) is 0 Å². The highest BCUT2D eigenvalue weighted by Crippen LogP contribution is 2.32. The molecule has 0 aromatic heterocycles. The number of ether oxygens (including phenoxy) is 2. The third-order valence-corrected chi connectivity index (χ3v) is 7.24. The van der Waals surface area contributed by atoms with Crippen molar-refractivity contribution in [3.05, 3.63) is 83.4 Å². The number of anilines is 1. The van der Waals surface area contributed by atoms with E-state index in [1.807, 2.05) is 32.0 Å². The number of para-hydroxylation sites is 1. The molecular formula is C25H26N2O5S. The van der Waals surface area contributed by atoms with Crippen molar-refractivity contribution in [2.24, 2.45) is 0 Å². The lowest BCUT2D eigenvalue weighted by atomic mass is 10.1. The average Bonchev–Trinajstić information content (AvgIpc) is 3.29. The van der Waals surface area contributed by atoms with Gasteiger partial charge in [-0.15, -0.1) is 0 Å². The Hall–Kier alpha value is -3.52. The number of carbonyl (C=O) groups is 1. The van der Waals surface area contributed by atoms with E-state index >= 15 is 0 Å². The van der Waals surface area contributed by atoms with Gasteiger partial charge in [0.1, 0.15) is 6.54 Å². The Bertz CT molecular complexity index is 1260. The summed E-state index contributed by atoms with van der Waals surface area (Å²) in [5, 5.41) is 2.82. The zero-order valence-electron chi connectivity index (χ0n) is 18.6. The lowest BCUT2D eigenvalue weighted by Gasteiger charge is -2.26. The van der Waals surface area contributed by atoms with Gasteiger partial charge in [-0.25, -0.2) is 8.42 Å². The van der Waals surface area contributed by atoms with Crippen LogP contribution >= 0.6 is 0 Å². The molecule has 0 aliphatic carbocycles. The summed E-state index contributed by atoms with van der Waals surface area (Å²) in [7, 11) is -3.95. The van der Waals surface area contributed by atoms with Crippen molar-refractivity contribution < 1.29 is 22.7 Å². The van der Waals surface area contributed by atoms with Gasteiger partial charge in [0.2, 0.25) is 12.7 Å². The van der Waals surface area contributed by atoms with Crippen LogP contribution in [0.1, 0.15) is 23.6 Å². The van der Waals surface area contributed by atoms with Gasteiger partial charge in [0, 0.05) is 6.54 Å². The van der Waals surface area contributed by atoms with Crippen molar-refractivity contribution in [1.82, 2.24) is 5.32 Å². The lowest BCUT2D eigenvalue weighted by Crippen LogP contribution is -2.41. The molecule has 0 saturated heterocycles. The number of hydrogen-bond donors (Lipinski definition) is 1. The van der Waals surface area contributed by atoms with Gasteiger partial charge < -0.3 is 14.8 Å². The number of sulfonamides is 1. The fourth-order valence-electron chi connectivity index (χ4n) is 3.63. The van der Waals surface area contributed by atoms with E-state index in [1.54, 1.807) is 48.5 Å². The van der Waals surface area contributed by atoms with Crippen LogP contribution in [0, 0.1) is 6.92 Å². The summed E-state index contributed by atoms with van der Waals surface area (Å²) in [5.74, 6) is 0.882. The standard InChI is InChI=1S/C25H26N2O5S/c1-3-20-6-4-5-7-22(20)27(33(29,30)21-11-8-18(2)9-12-21)16-25(28)26-15-19-10-13-23-24(14-19)32-17-31-23/h4-14H,3,15-17H2,1-2H3,(H,26,28). The van der Waals surface area contributed by atoms with Gasteiger partial charge in [0.25, 0.3) is 10.0 Å². The Morgan fingerprint density at radius 3 is 2.48 bits per heavy atom. The van der Waals surface area contributed by atoms with E-state index in [0.29, 0.717) is 23.6 Å². The number of rotatable bonds is 8. The minimum absolute atomic E-state index is 0.141. The molecule has 0 unspecified atom stereocenters. The van der Waals surface area contributed by atoms with Crippen LogP contribution in [0.2, 0.25) is 0 Å². The van der Waals surface area contributed by atoms with E-state index in [9.17, 15) is 13.2 Å². The fourth-order valence-corrected chi connectivity index (χ4v) is 5.09. The molecule has 0 radical (unpaired) electrons. The van der Waals surface area contributed by atoms with E-state index in [-0.39, 0.29) is 24.8 Å². The van der Waals surface area contributed by atoms with Gasteiger partial charge in [0.15, 0.2) is 11.5 Å². The largest absolute Gasteiger partial charge is 0.454 e. The zero-order chi connectivity index (χ0) is 23.4. The van der Waals surface area contributed by atoms with Crippen molar-refractivity contribution in [1.29, 1.82) is 0 Å². The maximum Gasteiger partial charge on any atom is 0.264 e. The zero-order valence-corrected chi connectivity index (χ0v) is 19.4. The normalized spacial score (nSPS) is 12.4. The minimum atomic E-state index is -3.95. The van der Waals surface area contributed by atoms with E-state index in [1.165, 1.54) is 4.31 Å². The topological polar surface area (TPSA) is 84.9 Å². The van der Waals surface area contributed by atoms with Crippen LogP contribution < -0.4 is 19.1 Å². The second kappa shape index (κ2) is 9.54. The fraction of sp³-hybridized carbons (Fsp3) is 0.240. The smallest absolute Gasteiger partial charge is 0.264 e. The number of carbonyl (C=O) groups excluding carboxylic acids is 1. The third-order valence-electron chi connectivity index (χ3n) is 5.46. The van der Waals surface area contributed by atoms with Gasteiger partial charge in [-0.3, -0.25) is 9.10 Å². The van der Waals surface area contributed by atoms with E-state index in [4.69, 9.17) is 9.47 Å². The van der Waals surface area contributed by atoms with Crippen LogP contribution in [0.4, 0.5) is 5.69 Å². The van der Waals surface area contributed by atoms with Crippen LogP contribution in [-0.2, 0) is 27.8 Å². The van der Waals surface area contributed by atoms with Gasteiger partial charge >= 0.3 is 0 Å². The maximum absolute atomic E-state index is 13.6. The van der Waals surface area contributed by atoms with Crippen molar-refractivity contribution in [2.75, 3.05) is 17.6 Å².